The molecule has 1 aliphatic rings. The summed E-state index contributed by atoms with van der Waals surface area (Å²) in [7, 11) is 0. The van der Waals surface area contributed by atoms with Crippen molar-refractivity contribution in [2.45, 2.75) is 17.8 Å². The fraction of sp³-hybridized carbons (Fsp3) is 0.353. The van der Waals surface area contributed by atoms with Crippen LogP contribution >= 0.6 is 11.8 Å². The number of hydrogen-bond acceptors (Lipinski definition) is 6. The third kappa shape index (κ3) is 4.24. The molecule has 0 radical (unpaired) electrons. The standard InChI is InChI=1S/C17H19N3O3S/c1-12-10-15(20-6-8-23-9-7-20)19-17(18-12)24-11-13-2-4-14(5-3-13)16(21)22/h2-5,10H,6-9,11H2,1H3,(H,21,22). The van der Waals surface area contributed by atoms with E-state index in [2.05, 4.69) is 14.9 Å². The van der Waals surface area contributed by atoms with Gasteiger partial charge in [-0.2, -0.15) is 0 Å². The van der Waals surface area contributed by atoms with Crippen molar-refractivity contribution < 1.29 is 14.6 Å². The molecule has 2 heterocycles. The van der Waals surface area contributed by atoms with E-state index in [0.29, 0.717) is 11.3 Å². The van der Waals surface area contributed by atoms with Gasteiger partial charge in [-0.15, -0.1) is 0 Å². The van der Waals surface area contributed by atoms with Gasteiger partial charge in [0.15, 0.2) is 5.16 Å². The number of carboxylic acid groups (broad SMARTS) is 1. The number of hydrogen-bond donors (Lipinski definition) is 1. The van der Waals surface area contributed by atoms with Crippen molar-refractivity contribution in [3.63, 3.8) is 0 Å². The predicted octanol–water partition coefficient (Wildman–Crippen LogP) is 2.61. The summed E-state index contributed by atoms with van der Waals surface area (Å²) in [5.74, 6) is 0.729. The minimum atomic E-state index is -0.911. The van der Waals surface area contributed by atoms with Gasteiger partial charge in [0.1, 0.15) is 5.82 Å². The molecule has 1 N–H and O–H groups in total. The average Bonchev–Trinajstić information content (AvgIpc) is 2.60. The zero-order valence-corrected chi connectivity index (χ0v) is 14.3. The maximum atomic E-state index is 10.9. The fourth-order valence-electron chi connectivity index (χ4n) is 2.44. The van der Waals surface area contributed by atoms with Crippen LogP contribution in [0.1, 0.15) is 21.6 Å². The molecule has 1 fully saturated rings. The Hall–Kier alpha value is -2.12. The zero-order valence-electron chi connectivity index (χ0n) is 13.4. The highest BCUT2D eigenvalue weighted by molar-refractivity contribution is 7.98. The van der Waals surface area contributed by atoms with Gasteiger partial charge < -0.3 is 14.7 Å². The van der Waals surface area contributed by atoms with Gasteiger partial charge in [0, 0.05) is 30.6 Å². The van der Waals surface area contributed by atoms with Gasteiger partial charge >= 0.3 is 5.97 Å². The summed E-state index contributed by atoms with van der Waals surface area (Å²) in [5, 5.41) is 9.66. The molecule has 0 unspecified atom stereocenters. The van der Waals surface area contributed by atoms with Crippen LogP contribution in [0, 0.1) is 6.92 Å². The molecule has 1 saturated heterocycles. The number of ether oxygens (including phenoxy) is 1. The van der Waals surface area contributed by atoms with Crippen molar-refractivity contribution in [3.8, 4) is 0 Å². The minimum Gasteiger partial charge on any atom is -0.478 e. The molecule has 0 saturated carbocycles. The number of carbonyl (C=O) groups is 1. The highest BCUT2D eigenvalue weighted by Gasteiger charge is 2.14. The van der Waals surface area contributed by atoms with E-state index in [0.717, 1.165) is 48.5 Å². The number of nitrogens with zero attached hydrogens (tertiary/aromatic N) is 3. The molecule has 1 aromatic heterocycles. The second-order valence-electron chi connectivity index (χ2n) is 5.54. The molecule has 1 aliphatic heterocycles. The summed E-state index contributed by atoms with van der Waals surface area (Å²) in [4.78, 5) is 22.2. The van der Waals surface area contributed by atoms with Crippen LogP contribution in [0.5, 0.6) is 0 Å². The molecular formula is C17H19N3O3S. The fourth-order valence-corrected chi connectivity index (χ4v) is 3.29. The molecular weight excluding hydrogens is 326 g/mol. The maximum Gasteiger partial charge on any atom is 0.335 e. The third-order valence-corrected chi connectivity index (χ3v) is 4.64. The quantitative estimate of drug-likeness (QED) is 0.659. The molecule has 126 valence electrons. The molecule has 0 aliphatic carbocycles. The normalized spacial score (nSPS) is 14.6. The molecule has 0 bridgehead atoms. The SMILES string of the molecule is Cc1cc(N2CCOCC2)nc(SCc2ccc(C(=O)O)cc2)n1. The number of benzene rings is 1. The van der Waals surface area contributed by atoms with Crippen LogP contribution in [0.15, 0.2) is 35.5 Å². The average molecular weight is 345 g/mol. The topological polar surface area (TPSA) is 75.5 Å². The van der Waals surface area contributed by atoms with Gasteiger partial charge in [-0.1, -0.05) is 23.9 Å². The number of aromatic carboxylic acids is 1. The van der Waals surface area contributed by atoms with E-state index in [-0.39, 0.29) is 0 Å². The van der Waals surface area contributed by atoms with Crippen LogP contribution in [-0.4, -0.2) is 47.3 Å². The van der Waals surface area contributed by atoms with Crippen molar-refractivity contribution in [3.05, 3.63) is 47.2 Å². The number of aromatic nitrogens is 2. The molecule has 0 amide bonds. The van der Waals surface area contributed by atoms with Gasteiger partial charge in [0.25, 0.3) is 0 Å². The van der Waals surface area contributed by atoms with Crippen LogP contribution in [-0.2, 0) is 10.5 Å². The van der Waals surface area contributed by atoms with Gasteiger partial charge in [-0.3, -0.25) is 0 Å². The molecule has 24 heavy (non-hydrogen) atoms. The number of rotatable bonds is 5. The first kappa shape index (κ1) is 16.7. The Morgan fingerprint density at radius 3 is 2.62 bits per heavy atom. The second-order valence-corrected chi connectivity index (χ2v) is 6.48. The van der Waals surface area contributed by atoms with Crippen LogP contribution in [0.4, 0.5) is 5.82 Å². The lowest BCUT2D eigenvalue weighted by molar-refractivity contribution is 0.0697. The van der Waals surface area contributed by atoms with Crippen molar-refractivity contribution in [2.24, 2.45) is 0 Å². The van der Waals surface area contributed by atoms with E-state index < -0.39 is 5.97 Å². The number of morpholine rings is 1. The minimum absolute atomic E-state index is 0.296. The monoisotopic (exact) mass is 345 g/mol. The highest BCUT2D eigenvalue weighted by atomic mass is 32.2. The van der Waals surface area contributed by atoms with E-state index in [1.165, 1.54) is 0 Å². The lowest BCUT2D eigenvalue weighted by atomic mass is 10.1. The summed E-state index contributed by atoms with van der Waals surface area (Å²) in [5.41, 5.74) is 2.28. The van der Waals surface area contributed by atoms with Gasteiger partial charge in [-0.25, -0.2) is 14.8 Å². The highest BCUT2D eigenvalue weighted by Crippen LogP contribution is 2.23. The van der Waals surface area contributed by atoms with Crippen molar-refractivity contribution >= 4 is 23.5 Å². The van der Waals surface area contributed by atoms with Crippen molar-refractivity contribution in [1.82, 2.24) is 9.97 Å². The molecule has 6 nitrogen and oxygen atoms in total. The third-order valence-electron chi connectivity index (χ3n) is 3.72. The first-order valence-electron chi connectivity index (χ1n) is 7.75. The lowest BCUT2D eigenvalue weighted by Crippen LogP contribution is -2.36. The van der Waals surface area contributed by atoms with Crippen LogP contribution in [0.2, 0.25) is 0 Å². The maximum absolute atomic E-state index is 10.9. The molecule has 2 aromatic rings. The van der Waals surface area contributed by atoms with Gasteiger partial charge in [0.05, 0.1) is 18.8 Å². The molecule has 1 aromatic carbocycles. The van der Waals surface area contributed by atoms with E-state index in [1.807, 2.05) is 25.1 Å². The predicted molar refractivity (Wildman–Crippen MR) is 92.8 cm³/mol. The van der Waals surface area contributed by atoms with Crippen molar-refractivity contribution in [1.29, 1.82) is 0 Å². The van der Waals surface area contributed by atoms with E-state index in [9.17, 15) is 4.79 Å². The Bertz CT molecular complexity index is 716. The first-order valence-corrected chi connectivity index (χ1v) is 8.74. The van der Waals surface area contributed by atoms with E-state index >= 15 is 0 Å². The Morgan fingerprint density at radius 1 is 1.25 bits per heavy atom. The Morgan fingerprint density at radius 2 is 1.96 bits per heavy atom. The van der Waals surface area contributed by atoms with Gasteiger partial charge in [-0.05, 0) is 24.6 Å². The molecule has 0 atom stereocenters. The summed E-state index contributed by atoms with van der Waals surface area (Å²) >= 11 is 1.55. The molecule has 7 heteroatoms. The number of aryl methyl sites for hydroxylation is 1. The van der Waals surface area contributed by atoms with E-state index in [1.54, 1.807) is 23.9 Å². The van der Waals surface area contributed by atoms with Gasteiger partial charge in [0.2, 0.25) is 0 Å². The van der Waals surface area contributed by atoms with Crippen LogP contribution in [0.3, 0.4) is 0 Å². The Kier molecular flexibility index (Phi) is 5.32. The summed E-state index contributed by atoms with van der Waals surface area (Å²) in [6.45, 7) is 5.11. The Labute approximate surface area is 144 Å². The van der Waals surface area contributed by atoms with Crippen LogP contribution in [0.25, 0.3) is 0 Å². The summed E-state index contributed by atoms with van der Waals surface area (Å²) < 4.78 is 5.38. The largest absolute Gasteiger partial charge is 0.478 e. The molecule has 0 spiro atoms. The Balaban J connectivity index is 1.68. The smallest absolute Gasteiger partial charge is 0.335 e. The number of thioether (sulfide) groups is 1. The number of anilines is 1. The molecule has 3 rings (SSSR count). The summed E-state index contributed by atoms with van der Waals surface area (Å²) in [6, 6.07) is 8.89. The van der Waals surface area contributed by atoms with Crippen molar-refractivity contribution in [2.75, 3.05) is 31.2 Å². The summed E-state index contributed by atoms with van der Waals surface area (Å²) in [6.07, 6.45) is 0. The first-order chi connectivity index (χ1) is 11.6. The number of carboxylic acids is 1. The second kappa shape index (κ2) is 7.63. The van der Waals surface area contributed by atoms with Crippen LogP contribution < -0.4 is 4.90 Å². The zero-order chi connectivity index (χ0) is 16.9. The van der Waals surface area contributed by atoms with E-state index in [4.69, 9.17) is 9.84 Å². The lowest BCUT2D eigenvalue weighted by Gasteiger charge is -2.28.